The molecule has 0 aliphatic carbocycles. The van der Waals surface area contributed by atoms with E-state index < -0.39 is 5.91 Å². The molecule has 0 saturated carbocycles. The van der Waals surface area contributed by atoms with Gasteiger partial charge in [-0.2, -0.15) is 0 Å². The van der Waals surface area contributed by atoms with Crippen molar-refractivity contribution in [2.24, 2.45) is 0 Å². The predicted molar refractivity (Wildman–Crippen MR) is 88.8 cm³/mol. The molecule has 3 N–H and O–H groups in total. The van der Waals surface area contributed by atoms with Crippen LogP contribution in [0.1, 0.15) is 10.5 Å². The van der Waals surface area contributed by atoms with Gasteiger partial charge in [0.1, 0.15) is 0 Å². The van der Waals surface area contributed by atoms with Crippen LogP contribution in [0.5, 0.6) is 11.5 Å². The van der Waals surface area contributed by atoms with E-state index in [0.717, 1.165) is 0 Å². The Morgan fingerprint density at radius 2 is 2.21 bits per heavy atom. The molecular weight excluding hydrogens is 334 g/mol. The SMILES string of the molecule is C=CCONC(=O)c1nc(-c2ccc3c(c2)OCO3)cc(N)c1Cl. The lowest BCUT2D eigenvalue weighted by atomic mass is 10.1. The summed E-state index contributed by atoms with van der Waals surface area (Å²) in [5.41, 5.74) is 9.51. The third-order valence-electron chi connectivity index (χ3n) is 3.24. The fourth-order valence-electron chi connectivity index (χ4n) is 2.12. The highest BCUT2D eigenvalue weighted by Gasteiger charge is 2.19. The molecule has 2 aromatic rings. The number of carbonyl (C=O) groups is 1. The molecule has 24 heavy (non-hydrogen) atoms. The van der Waals surface area contributed by atoms with Crippen LogP contribution in [0.4, 0.5) is 5.69 Å². The van der Waals surface area contributed by atoms with E-state index in [0.29, 0.717) is 22.8 Å². The standard InChI is InChI=1S/C16H14ClN3O4/c1-2-5-24-20-16(21)15-14(17)10(18)7-11(19-15)9-3-4-12-13(6-9)23-8-22-12/h2-4,6-7H,1,5,8H2,(H2,18,19)(H,20,21). The van der Waals surface area contributed by atoms with Gasteiger partial charge in [-0.3, -0.25) is 9.63 Å². The second-order valence-electron chi connectivity index (χ2n) is 4.86. The molecule has 0 spiro atoms. The van der Waals surface area contributed by atoms with Crippen LogP contribution in [0.3, 0.4) is 0 Å². The summed E-state index contributed by atoms with van der Waals surface area (Å²) >= 11 is 6.09. The summed E-state index contributed by atoms with van der Waals surface area (Å²) in [5.74, 6) is 0.649. The number of aromatic nitrogens is 1. The molecule has 8 heteroatoms. The number of fused-ring (bicyclic) bond motifs is 1. The molecule has 0 saturated heterocycles. The zero-order valence-corrected chi connectivity index (χ0v) is 13.3. The minimum atomic E-state index is -0.601. The number of halogens is 1. The lowest BCUT2D eigenvalue weighted by Crippen LogP contribution is -2.25. The van der Waals surface area contributed by atoms with E-state index in [1.807, 2.05) is 0 Å². The number of amides is 1. The van der Waals surface area contributed by atoms with Gasteiger partial charge >= 0.3 is 0 Å². The number of rotatable bonds is 5. The average Bonchev–Trinajstić information content (AvgIpc) is 3.04. The molecule has 0 fully saturated rings. The van der Waals surface area contributed by atoms with Crippen molar-refractivity contribution in [3.63, 3.8) is 0 Å². The molecule has 0 bridgehead atoms. The molecule has 0 radical (unpaired) electrons. The summed E-state index contributed by atoms with van der Waals surface area (Å²) in [6, 6.07) is 6.89. The zero-order chi connectivity index (χ0) is 17.1. The van der Waals surface area contributed by atoms with Gasteiger partial charge in [-0.15, -0.1) is 6.58 Å². The van der Waals surface area contributed by atoms with Crippen molar-refractivity contribution in [1.29, 1.82) is 0 Å². The normalized spacial score (nSPS) is 12.0. The number of ether oxygens (including phenoxy) is 2. The Bertz CT molecular complexity index is 810. The molecule has 1 aliphatic heterocycles. The molecule has 124 valence electrons. The Balaban J connectivity index is 1.94. The molecule has 2 heterocycles. The number of nitrogens with two attached hydrogens (primary N) is 1. The van der Waals surface area contributed by atoms with Crippen LogP contribution in [0.2, 0.25) is 5.02 Å². The van der Waals surface area contributed by atoms with Crippen molar-refractivity contribution in [3.8, 4) is 22.8 Å². The fraction of sp³-hybridized carbons (Fsp3) is 0.125. The fourth-order valence-corrected chi connectivity index (χ4v) is 2.30. The highest BCUT2D eigenvalue weighted by atomic mass is 35.5. The van der Waals surface area contributed by atoms with Gasteiger partial charge in [-0.1, -0.05) is 17.7 Å². The number of hydrogen-bond donors (Lipinski definition) is 2. The van der Waals surface area contributed by atoms with E-state index in [1.165, 1.54) is 6.08 Å². The van der Waals surface area contributed by atoms with Crippen LogP contribution >= 0.6 is 11.6 Å². The van der Waals surface area contributed by atoms with Crippen LogP contribution in [-0.2, 0) is 4.84 Å². The van der Waals surface area contributed by atoms with Gasteiger partial charge in [0, 0.05) is 5.56 Å². The topological polar surface area (TPSA) is 95.7 Å². The van der Waals surface area contributed by atoms with Crippen LogP contribution in [0, 0.1) is 0 Å². The molecule has 1 aliphatic rings. The van der Waals surface area contributed by atoms with Gasteiger partial charge in [0.15, 0.2) is 17.2 Å². The number of benzene rings is 1. The molecular formula is C16H14ClN3O4. The number of anilines is 1. The van der Waals surface area contributed by atoms with Crippen molar-refractivity contribution in [2.75, 3.05) is 19.1 Å². The van der Waals surface area contributed by atoms with E-state index in [4.69, 9.17) is 31.6 Å². The van der Waals surface area contributed by atoms with Crippen molar-refractivity contribution < 1.29 is 19.1 Å². The van der Waals surface area contributed by atoms with E-state index in [2.05, 4.69) is 17.0 Å². The molecule has 1 aromatic heterocycles. The first-order valence-electron chi connectivity index (χ1n) is 6.99. The first-order chi connectivity index (χ1) is 11.6. The van der Waals surface area contributed by atoms with Crippen LogP contribution in [0.25, 0.3) is 11.3 Å². The Labute approximate surface area is 142 Å². The predicted octanol–water partition coefficient (Wildman–Crippen LogP) is 2.56. The van der Waals surface area contributed by atoms with Gasteiger partial charge in [-0.05, 0) is 24.3 Å². The molecule has 1 amide bonds. The van der Waals surface area contributed by atoms with Gasteiger partial charge < -0.3 is 15.2 Å². The Morgan fingerprint density at radius 3 is 3.00 bits per heavy atom. The van der Waals surface area contributed by atoms with E-state index in [1.54, 1.807) is 24.3 Å². The Kier molecular flexibility index (Phi) is 4.54. The molecule has 7 nitrogen and oxygen atoms in total. The van der Waals surface area contributed by atoms with Gasteiger partial charge in [0.05, 0.1) is 23.0 Å². The highest BCUT2D eigenvalue weighted by molar-refractivity contribution is 6.36. The average molecular weight is 348 g/mol. The second-order valence-corrected chi connectivity index (χ2v) is 5.24. The van der Waals surface area contributed by atoms with Crippen LogP contribution < -0.4 is 20.7 Å². The van der Waals surface area contributed by atoms with Crippen molar-refractivity contribution in [2.45, 2.75) is 0 Å². The summed E-state index contributed by atoms with van der Waals surface area (Å²) in [4.78, 5) is 21.3. The van der Waals surface area contributed by atoms with Crippen molar-refractivity contribution >= 4 is 23.2 Å². The summed E-state index contributed by atoms with van der Waals surface area (Å²) < 4.78 is 10.6. The van der Waals surface area contributed by atoms with Crippen LogP contribution in [0.15, 0.2) is 36.9 Å². The third-order valence-corrected chi connectivity index (χ3v) is 3.63. The summed E-state index contributed by atoms with van der Waals surface area (Å²) in [5, 5.41) is 0.0548. The number of hydroxylamine groups is 1. The van der Waals surface area contributed by atoms with Crippen molar-refractivity contribution in [3.05, 3.63) is 47.6 Å². The maximum Gasteiger partial charge on any atom is 0.295 e. The quantitative estimate of drug-likeness (QED) is 0.490. The highest BCUT2D eigenvalue weighted by Crippen LogP contribution is 2.36. The number of nitrogens with zero attached hydrogens (tertiary/aromatic N) is 1. The number of nitrogen functional groups attached to an aromatic ring is 1. The van der Waals surface area contributed by atoms with Gasteiger partial charge in [-0.25, -0.2) is 10.5 Å². The van der Waals surface area contributed by atoms with E-state index in [9.17, 15) is 4.79 Å². The summed E-state index contributed by atoms with van der Waals surface area (Å²) in [7, 11) is 0. The monoisotopic (exact) mass is 347 g/mol. The lowest BCUT2D eigenvalue weighted by molar-refractivity contribution is 0.0417. The largest absolute Gasteiger partial charge is 0.454 e. The lowest BCUT2D eigenvalue weighted by Gasteiger charge is -2.10. The first-order valence-corrected chi connectivity index (χ1v) is 7.37. The van der Waals surface area contributed by atoms with E-state index >= 15 is 0 Å². The van der Waals surface area contributed by atoms with Gasteiger partial charge in [0.2, 0.25) is 6.79 Å². The minimum absolute atomic E-state index is 0.0339. The number of pyridine rings is 1. The zero-order valence-electron chi connectivity index (χ0n) is 12.5. The van der Waals surface area contributed by atoms with E-state index in [-0.39, 0.29) is 29.8 Å². The second kappa shape index (κ2) is 6.77. The van der Waals surface area contributed by atoms with Crippen LogP contribution in [-0.4, -0.2) is 24.3 Å². The maximum absolute atomic E-state index is 12.1. The minimum Gasteiger partial charge on any atom is -0.454 e. The Morgan fingerprint density at radius 1 is 1.42 bits per heavy atom. The number of carbonyl (C=O) groups excluding carboxylic acids is 1. The third kappa shape index (κ3) is 3.12. The number of nitrogens with one attached hydrogen (secondary N) is 1. The maximum atomic E-state index is 12.1. The first kappa shape index (κ1) is 16.1. The Hall–Kier alpha value is -2.77. The summed E-state index contributed by atoms with van der Waals surface area (Å²) in [6.07, 6.45) is 1.49. The summed E-state index contributed by atoms with van der Waals surface area (Å²) in [6.45, 7) is 3.81. The molecule has 0 atom stereocenters. The molecule has 1 aromatic carbocycles. The van der Waals surface area contributed by atoms with Crippen molar-refractivity contribution in [1.82, 2.24) is 10.5 Å². The number of hydrogen-bond acceptors (Lipinski definition) is 6. The molecule has 0 unspecified atom stereocenters. The molecule has 3 rings (SSSR count). The van der Waals surface area contributed by atoms with Gasteiger partial charge in [0.25, 0.3) is 5.91 Å². The smallest absolute Gasteiger partial charge is 0.295 e.